The highest BCUT2D eigenvalue weighted by molar-refractivity contribution is 5.76. The number of allylic oxidation sites excluding steroid dienone is 4. The molecule has 0 fully saturated rings. The average molecular weight is 859 g/mol. The number of hydrogen-bond acceptors (Lipinski definition) is 3. The summed E-state index contributed by atoms with van der Waals surface area (Å²) in [4.78, 5) is 12.4. The number of unbranched alkanes of at least 4 members (excludes halogenated alkanes) is 41. The Bertz CT molecular complexity index is 886. The second kappa shape index (κ2) is 53.2. The van der Waals surface area contributed by atoms with Crippen LogP contribution < -0.4 is 5.32 Å². The second-order valence-corrected chi connectivity index (χ2v) is 19.4. The van der Waals surface area contributed by atoms with E-state index in [1.165, 1.54) is 257 Å². The SMILES string of the molecule is CCCCCCCCCCCCCCCCC/C=C\C/C=C\CCCCCCCCCCCCCCCCCCCC(=O)NC(CO)C(O)CCCCCCCCCCCC. The number of hydrogen-bond donors (Lipinski definition) is 3. The summed E-state index contributed by atoms with van der Waals surface area (Å²) in [6.07, 6.45) is 70.5. The Balaban J connectivity index is 3.36. The molecule has 0 aromatic heterocycles. The number of carbonyl (C=O) groups excluding carboxylic acids is 1. The van der Waals surface area contributed by atoms with E-state index in [1.807, 2.05) is 0 Å². The van der Waals surface area contributed by atoms with Crippen molar-refractivity contribution < 1.29 is 15.0 Å². The molecule has 0 saturated heterocycles. The number of aliphatic hydroxyl groups excluding tert-OH is 2. The molecule has 0 rings (SSSR count). The molecule has 0 spiro atoms. The van der Waals surface area contributed by atoms with Crippen LogP contribution in [-0.2, 0) is 4.79 Å². The minimum atomic E-state index is -0.655. The topological polar surface area (TPSA) is 69.6 Å². The van der Waals surface area contributed by atoms with Crippen molar-refractivity contribution in [2.45, 2.75) is 328 Å². The van der Waals surface area contributed by atoms with E-state index in [-0.39, 0.29) is 12.5 Å². The molecule has 0 aromatic carbocycles. The third-order valence-electron chi connectivity index (χ3n) is 13.2. The fraction of sp³-hybridized carbons (Fsp3) is 0.912. The van der Waals surface area contributed by atoms with Crippen LogP contribution in [-0.4, -0.2) is 34.9 Å². The van der Waals surface area contributed by atoms with Gasteiger partial charge in [0.15, 0.2) is 0 Å². The number of carbonyl (C=O) groups is 1. The summed E-state index contributed by atoms with van der Waals surface area (Å²) in [5.41, 5.74) is 0. The molecule has 0 aliphatic rings. The molecule has 0 aliphatic heterocycles. The van der Waals surface area contributed by atoms with Gasteiger partial charge in [0.2, 0.25) is 5.91 Å². The Morgan fingerprint density at radius 3 is 0.984 bits per heavy atom. The zero-order valence-corrected chi connectivity index (χ0v) is 41.7. The summed E-state index contributed by atoms with van der Waals surface area (Å²) in [5, 5.41) is 23.1. The van der Waals surface area contributed by atoms with E-state index in [4.69, 9.17) is 0 Å². The van der Waals surface area contributed by atoms with E-state index < -0.39 is 12.1 Å². The van der Waals surface area contributed by atoms with Gasteiger partial charge in [-0.1, -0.05) is 289 Å². The maximum absolute atomic E-state index is 12.4. The lowest BCUT2D eigenvalue weighted by Crippen LogP contribution is -2.45. The zero-order valence-electron chi connectivity index (χ0n) is 41.7. The largest absolute Gasteiger partial charge is 0.394 e. The highest BCUT2D eigenvalue weighted by Gasteiger charge is 2.20. The van der Waals surface area contributed by atoms with Crippen LogP contribution in [0, 0.1) is 0 Å². The number of rotatable bonds is 52. The van der Waals surface area contributed by atoms with Gasteiger partial charge in [-0.25, -0.2) is 0 Å². The van der Waals surface area contributed by atoms with Gasteiger partial charge in [0.05, 0.1) is 18.8 Å². The molecule has 61 heavy (non-hydrogen) atoms. The molecule has 3 N–H and O–H groups in total. The predicted octanol–water partition coefficient (Wildman–Crippen LogP) is 18.3. The number of aliphatic hydroxyl groups is 2. The third-order valence-corrected chi connectivity index (χ3v) is 13.2. The first-order chi connectivity index (χ1) is 30.2. The molecule has 0 heterocycles. The van der Waals surface area contributed by atoms with E-state index in [0.717, 1.165) is 32.1 Å². The summed E-state index contributed by atoms with van der Waals surface area (Å²) in [6.45, 7) is 4.37. The predicted molar refractivity (Wildman–Crippen MR) is 272 cm³/mol. The minimum Gasteiger partial charge on any atom is -0.394 e. The molecule has 0 saturated carbocycles. The third kappa shape index (κ3) is 49.7. The number of amides is 1. The van der Waals surface area contributed by atoms with Crippen molar-refractivity contribution in [3.63, 3.8) is 0 Å². The molecular weight excluding hydrogens is 747 g/mol. The first-order valence-corrected chi connectivity index (χ1v) is 28.0. The first kappa shape index (κ1) is 59.9. The van der Waals surface area contributed by atoms with E-state index in [1.54, 1.807) is 0 Å². The summed E-state index contributed by atoms with van der Waals surface area (Å²) in [5.74, 6) is -0.0291. The van der Waals surface area contributed by atoms with Gasteiger partial charge in [0.25, 0.3) is 0 Å². The van der Waals surface area contributed by atoms with Gasteiger partial charge < -0.3 is 15.5 Å². The fourth-order valence-corrected chi connectivity index (χ4v) is 8.92. The van der Waals surface area contributed by atoms with Gasteiger partial charge in [-0.15, -0.1) is 0 Å². The van der Waals surface area contributed by atoms with Crippen LogP contribution in [0.4, 0.5) is 0 Å². The van der Waals surface area contributed by atoms with Crippen molar-refractivity contribution >= 4 is 5.91 Å². The minimum absolute atomic E-state index is 0.0291. The van der Waals surface area contributed by atoms with Crippen molar-refractivity contribution in [1.82, 2.24) is 5.32 Å². The Labute approximate surface area is 383 Å². The van der Waals surface area contributed by atoms with E-state index in [9.17, 15) is 15.0 Å². The Morgan fingerprint density at radius 1 is 0.393 bits per heavy atom. The molecule has 0 aromatic rings. The van der Waals surface area contributed by atoms with Crippen LogP contribution in [0.3, 0.4) is 0 Å². The molecule has 0 radical (unpaired) electrons. The molecule has 4 heteroatoms. The summed E-state index contributed by atoms with van der Waals surface area (Å²) < 4.78 is 0. The Hall–Kier alpha value is -1.13. The fourth-order valence-electron chi connectivity index (χ4n) is 8.92. The lowest BCUT2D eigenvalue weighted by molar-refractivity contribution is -0.123. The van der Waals surface area contributed by atoms with Gasteiger partial charge in [-0.3, -0.25) is 4.79 Å². The van der Waals surface area contributed by atoms with Gasteiger partial charge in [-0.2, -0.15) is 0 Å². The molecule has 2 atom stereocenters. The highest BCUT2D eigenvalue weighted by atomic mass is 16.3. The van der Waals surface area contributed by atoms with Crippen LogP contribution >= 0.6 is 0 Å². The smallest absolute Gasteiger partial charge is 0.220 e. The molecule has 4 nitrogen and oxygen atoms in total. The summed E-state index contributed by atoms with van der Waals surface area (Å²) >= 11 is 0. The van der Waals surface area contributed by atoms with Crippen molar-refractivity contribution in [3.05, 3.63) is 24.3 Å². The van der Waals surface area contributed by atoms with Crippen LogP contribution in [0.1, 0.15) is 316 Å². The van der Waals surface area contributed by atoms with E-state index in [0.29, 0.717) is 12.8 Å². The second-order valence-electron chi connectivity index (χ2n) is 19.4. The molecule has 1 amide bonds. The van der Waals surface area contributed by atoms with Crippen LogP contribution in [0.5, 0.6) is 0 Å². The van der Waals surface area contributed by atoms with Crippen LogP contribution in [0.2, 0.25) is 0 Å². The van der Waals surface area contributed by atoms with Crippen molar-refractivity contribution in [2.24, 2.45) is 0 Å². The Kier molecular flexibility index (Phi) is 52.2. The normalized spacial score (nSPS) is 12.9. The molecule has 0 bridgehead atoms. The van der Waals surface area contributed by atoms with Crippen molar-refractivity contribution in [1.29, 1.82) is 0 Å². The first-order valence-electron chi connectivity index (χ1n) is 28.0. The van der Waals surface area contributed by atoms with Crippen LogP contribution in [0.15, 0.2) is 24.3 Å². The van der Waals surface area contributed by atoms with Gasteiger partial charge >= 0.3 is 0 Å². The number of nitrogens with one attached hydrogen (secondary N) is 1. The molecule has 362 valence electrons. The quantitative estimate of drug-likeness (QED) is 0.0422. The standard InChI is InChI=1S/C57H111NO3/c1-3-5-7-9-11-13-15-16-17-18-19-20-21-22-23-24-25-26-27-28-29-30-31-32-33-34-35-36-37-38-39-40-41-42-43-45-47-49-51-53-57(61)58-55(54-59)56(60)52-50-48-46-44-14-12-10-8-6-4-2/h25-26,28-29,55-56,59-60H,3-24,27,30-54H2,1-2H3,(H,58,61)/b26-25-,29-28-. The van der Waals surface area contributed by atoms with E-state index in [2.05, 4.69) is 43.5 Å². The molecular formula is C57H111NO3. The molecule has 0 aliphatic carbocycles. The zero-order chi connectivity index (χ0) is 44.2. The summed E-state index contributed by atoms with van der Waals surface area (Å²) in [6, 6.07) is -0.532. The van der Waals surface area contributed by atoms with Gasteiger partial charge in [0.1, 0.15) is 0 Å². The van der Waals surface area contributed by atoms with Crippen molar-refractivity contribution in [2.75, 3.05) is 6.61 Å². The van der Waals surface area contributed by atoms with Crippen molar-refractivity contribution in [3.8, 4) is 0 Å². The van der Waals surface area contributed by atoms with Gasteiger partial charge in [0, 0.05) is 6.42 Å². The Morgan fingerprint density at radius 2 is 0.672 bits per heavy atom. The lowest BCUT2D eigenvalue weighted by atomic mass is 10.0. The lowest BCUT2D eigenvalue weighted by Gasteiger charge is -2.22. The highest BCUT2D eigenvalue weighted by Crippen LogP contribution is 2.17. The van der Waals surface area contributed by atoms with E-state index >= 15 is 0 Å². The maximum atomic E-state index is 12.4. The van der Waals surface area contributed by atoms with Crippen LogP contribution in [0.25, 0.3) is 0 Å². The summed E-state index contributed by atoms with van der Waals surface area (Å²) in [7, 11) is 0. The van der Waals surface area contributed by atoms with Gasteiger partial charge in [-0.05, 0) is 44.9 Å². The maximum Gasteiger partial charge on any atom is 0.220 e. The monoisotopic (exact) mass is 858 g/mol. The molecule has 2 unspecified atom stereocenters. The average Bonchev–Trinajstić information content (AvgIpc) is 3.26.